The third-order valence-corrected chi connectivity index (χ3v) is 3.11. The van der Waals surface area contributed by atoms with Crippen LogP contribution in [0.15, 0.2) is 0 Å². The van der Waals surface area contributed by atoms with Crippen molar-refractivity contribution in [3.05, 3.63) is 0 Å². The lowest BCUT2D eigenvalue weighted by Gasteiger charge is -2.23. The molecule has 0 atom stereocenters. The Morgan fingerprint density at radius 3 is 2.41 bits per heavy atom. The van der Waals surface area contributed by atoms with Crippen molar-refractivity contribution in [3.8, 4) is 0 Å². The first-order valence-corrected chi connectivity index (χ1v) is 6.07. The van der Waals surface area contributed by atoms with Gasteiger partial charge < -0.3 is 15.5 Å². The lowest BCUT2D eigenvalue weighted by molar-refractivity contribution is 0.723. The molecule has 1 aromatic heterocycles. The fourth-order valence-electron chi connectivity index (χ4n) is 1.82. The monoisotopic (exact) mass is 236 g/mol. The second-order valence-corrected chi connectivity index (χ2v) is 4.69. The van der Waals surface area contributed by atoms with Crippen molar-refractivity contribution in [1.29, 1.82) is 0 Å². The molecule has 2 rings (SSSR count). The molecular weight excluding hydrogens is 216 g/mol. The topological polar surface area (TPSA) is 71.2 Å². The van der Waals surface area contributed by atoms with Crippen LogP contribution in [0.25, 0.3) is 0 Å². The summed E-state index contributed by atoms with van der Waals surface area (Å²) in [7, 11) is 1.97. The minimum Gasteiger partial charge on any atom is -0.368 e. The van der Waals surface area contributed by atoms with E-state index in [-0.39, 0.29) is 0 Å². The molecule has 0 saturated carbocycles. The van der Waals surface area contributed by atoms with Crippen LogP contribution in [0.4, 0.5) is 17.8 Å². The lowest BCUT2D eigenvalue weighted by atomic mass is 10.4. The minimum atomic E-state index is 0.296. The number of aromatic nitrogens is 3. The fourth-order valence-corrected chi connectivity index (χ4v) is 1.82. The van der Waals surface area contributed by atoms with Crippen LogP contribution in [-0.2, 0) is 0 Å². The predicted octanol–water partition coefficient (Wildman–Crippen LogP) is 0.899. The second kappa shape index (κ2) is 4.73. The van der Waals surface area contributed by atoms with E-state index in [1.807, 2.05) is 11.9 Å². The normalized spacial score (nSPS) is 15.6. The summed E-state index contributed by atoms with van der Waals surface area (Å²) in [6.07, 6.45) is 2.39. The largest absolute Gasteiger partial charge is 0.368 e. The van der Waals surface area contributed by atoms with Crippen molar-refractivity contribution < 1.29 is 0 Å². The summed E-state index contributed by atoms with van der Waals surface area (Å²) in [6.45, 7) is 6.20. The third-order valence-electron chi connectivity index (χ3n) is 3.11. The first kappa shape index (κ1) is 11.9. The number of nitrogens with zero attached hydrogens (tertiary/aromatic N) is 5. The van der Waals surface area contributed by atoms with Gasteiger partial charge in [-0.2, -0.15) is 15.0 Å². The molecule has 17 heavy (non-hydrogen) atoms. The van der Waals surface area contributed by atoms with E-state index in [2.05, 4.69) is 33.7 Å². The molecule has 0 aliphatic carbocycles. The van der Waals surface area contributed by atoms with E-state index >= 15 is 0 Å². The molecule has 0 radical (unpaired) electrons. The van der Waals surface area contributed by atoms with Gasteiger partial charge in [-0.15, -0.1) is 0 Å². The average Bonchev–Trinajstić information content (AvgIpc) is 2.80. The molecular formula is C11H20N6. The number of anilines is 3. The summed E-state index contributed by atoms with van der Waals surface area (Å²) < 4.78 is 0. The van der Waals surface area contributed by atoms with Crippen LogP contribution >= 0.6 is 0 Å². The van der Waals surface area contributed by atoms with E-state index in [1.54, 1.807) is 0 Å². The fraction of sp³-hybridized carbons (Fsp3) is 0.727. The van der Waals surface area contributed by atoms with Crippen LogP contribution in [0.2, 0.25) is 0 Å². The van der Waals surface area contributed by atoms with Crippen molar-refractivity contribution in [2.24, 2.45) is 0 Å². The van der Waals surface area contributed by atoms with E-state index in [4.69, 9.17) is 5.73 Å². The average molecular weight is 236 g/mol. The highest BCUT2D eigenvalue weighted by Crippen LogP contribution is 2.19. The third kappa shape index (κ3) is 2.57. The van der Waals surface area contributed by atoms with Crippen LogP contribution in [0.5, 0.6) is 0 Å². The van der Waals surface area contributed by atoms with Gasteiger partial charge in [-0.1, -0.05) is 0 Å². The van der Waals surface area contributed by atoms with Crippen molar-refractivity contribution in [2.45, 2.75) is 32.7 Å². The predicted molar refractivity (Wildman–Crippen MR) is 69.2 cm³/mol. The van der Waals surface area contributed by atoms with Gasteiger partial charge in [0.1, 0.15) is 0 Å². The molecule has 6 heteroatoms. The van der Waals surface area contributed by atoms with E-state index in [0.29, 0.717) is 23.9 Å². The maximum Gasteiger partial charge on any atom is 0.231 e. The van der Waals surface area contributed by atoms with Gasteiger partial charge in [0.2, 0.25) is 17.8 Å². The van der Waals surface area contributed by atoms with Crippen molar-refractivity contribution in [1.82, 2.24) is 15.0 Å². The maximum atomic E-state index is 5.75. The zero-order valence-electron chi connectivity index (χ0n) is 10.7. The number of hydrogen-bond acceptors (Lipinski definition) is 6. The van der Waals surface area contributed by atoms with Gasteiger partial charge in [-0.25, -0.2) is 0 Å². The Morgan fingerprint density at radius 1 is 1.18 bits per heavy atom. The Morgan fingerprint density at radius 2 is 1.82 bits per heavy atom. The summed E-state index contributed by atoms with van der Waals surface area (Å²) in [5.41, 5.74) is 5.75. The lowest BCUT2D eigenvalue weighted by Crippen LogP contribution is -2.29. The van der Waals surface area contributed by atoms with Crippen LogP contribution in [0, 0.1) is 0 Å². The molecule has 1 fully saturated rings. The van der Waals surface area contributed by atoms with Crippen molar-refractivity contribution in [3.63, 3.8) is 0 Å². The number of rotatable bonds is 3. The second-order valence-electron chi connectivity index (χ2n) is 4.69. The van der Waals surface area contributed by atoms with Crippen LogP contribution in [0.3, 0.4) is 0 Å². The van der Waals surface area contributed by atoms with Crippen molar-refractivity contribution in [2.75, 3.05) is 35.7 Å². The smallest absolute Gasteiger partial charge is 0.231 e. The van der Waals surface area contributed by atoms with E-state index in [9.17, 15) is 0 Å². The van der Waals surface area contributed by atoms with Gasteiger partial charge in [0.05, 0.1) is 0 Å². The number of nitrogens with two attached hydrogens (primary N) is 1. The quantitative estimate of drug-likeness (QED) is 0.840. The Balaban J connectivity index is 2.28. The molecule has 0 unspecified atom stereocenters. The number of hydrogen-bond donors (Lipinski definition) is 1. The van der Waals surface area contributed by atoms with E-state index in [1.165, 1.54) is 12.8 Å². The summed E-state index contributed by atoms with van der Waals surface area (Å²) in [4.78, 5) is 17.0. The van der Waals surface area contributed by atoms with Gasteiger partial charge in [0, 0.05) is 26.2 Å². The summed E-state index contributed by atoms with van der Waals surface area (Å²) in [6, 6.07) is 0.336. The molecule has 2 heterocycles. The first-order chi connectivity index (χ1) is 8.08. The summed E-state index contributed by atoms with van der Waals surface area (Å²) >= 11 is 0. The standard InChI is InChI=1S/C11H20N6/c1-8(2)16(3)10-13-9(12)14-11(15-10)17-6-4-5-7-17/h8H,4-7H2,1-3H3,(H2,12,13,14,15). The molecule has 1 aliphatic rings. The molecule has 94 valence electrons. The highest BCUT2D eigenvalue weighted by atomic mass is 15.4. The van der Waals surface area contributed by atoms with Gasteiger partial charge in [0.25, 0.3) is 0 Å². The molecule has 0 amide bonds. The molecule has 0 bridgehead atoms. The van der Waals surface area contributed by atoms with Gasteiger partial charge >= 0.3 is 0 Å². The molecule has 1 aromatic rings. The molecule has 0 spiro atoms. The Bertz CT molecular complexity index is 365. The van der Waals surface area contributed by atoms with Gasteiger partial charge in [0.15, 0.2) is 0 Å². The van der Waals surface area contributed by atoms with Gasteiger partial charge in [-0.3, -0.25) is 0 Å². The van der Waals surface area contributed by atoms with Gasteiger partial charge in [-0.05, 0) is 26.7 Å². The van der Waals surface area contributed by atoms with Crippen LogP contribution in [0.1, 0.15) is 26.7 Å². The molecule has 0 aromatic carbocycles. The molecule has 1 aliphatic heterocycles. The Kier molecular flexibility index (Phi) is 3.31. The Hall–Kier alpha value is -1.59. The van der Waals surface area contributed by atoms with Crippen LogP contribution in [-0.4, -0.2) is 41.1 Å². The summed E-state index contributed by atoms with van der Waals surface area (Å²) in [5, 5.41) is 0. The van der Waals surface area contributed by atoms with E-state index in [0.717, 1.165) is 13.1 Å². The van der Waals surface area contributed by atoms with Crippen LogP contribution < -0.4 is 15.5 Å². The highest BCUT2D eigenvalue weighted by Gasteiger charge is 2.18. The van der Waals surface area contributed by atoms with Crippen molar-refractivity contribution >= 4 is 17.8 Å². The highest BCUT2D eigenvalue weighted by molar-refractivity contribution is 5.43. The Labute approximate surface area is 102 Å². The minimum absolute atomic E-state index is 0.296. The zero-order chi connectivity index (χ0) is 12.4. The summed E-state index contributed by atoms with van der Waals surface area (Å²) in [5.74, 6) is 1.65. The number of nitrogen functional groups attached to an aromatic ring is 1. The first-order valence-electron chi connectivity index (χ1n) is 6.07. The SMILES string of the molecule is CC(C)N(C)c1nc(N)nc(N2CCCC2)n1. The zero-order valence-corrected chi connectivity index (χ0v) is 10.7. The molecule has 2 N–H and O–H groups in total. The van der Waals surface area contributed by atoms with E-state index < -0.39 is 0 Å². The molecule has 1 saturated heterocycles. The maximum absolute atomic E-state index is 5.75. The molecule has 6 nitrogen and oxygen atoms in total.